The fourth-order valence-electron chi connectivity index (χ4n) is 2.64. The maximum absolute atomic E-state index is 12.6. The van der Waals surface area contributed by atoms with Gasteiger partial charge in [0.05, 0.1) is 0 Å². The van der Waals surface area contributed by atoms with E-state index in [2.05, 4.69) is 0 Å². The Morgan fingerprint density at radius 3 is 2.42 bits per heavy atom. The first-order valence-electron chi connectivity index (χ1n) is 7.42. The second-order valence-electron chi connectivity index (χ2n) is 5.66. The summed E-state index contributed by atoms with van der Waals surface area (Å²) < 4.78 is 10.9. The average molecular weight is 324 g/mol. The molecule has 1 aromatic heterocycles. The summed E-state index contributed by atoms with van der Waals surface area (Å²) in [6.45, 7) is 4.79. The molecule has 122 valence electrons. The molecule has 0 radical (unpaired) electrons. The van der Waals surface area contributed by atoms with Gasteiger partial charge in [0, 0.05) is 18.1 Å². The van der Waals surface area contributed by atoms with Gasteiger partial charge < -0.3 is 14.3 Å². The van der Waals surface area contributed by atoms with Gasteiger partial charge in [0.1, 0.15) is 28.2 Å². The van der Waals surface area contributed by atoms with Gasteiger partial charge in [0.15, 0.2) is 5.43 Å². The van der Waals surface area contributed by atoms with Gasteiger partial charge in [0.2, 0.25) is 0 Å². The number of carbonyl (C=O) groups excluding carboxylic acids is 1. The summed E-state index contributed by atoms with van der Waals surface area (Å²) in [7, 11) is 0. The molecule has 5 heteroatoms. The van der Waals surface area contributed by atoms with Crippen LogP contribution >= 0.6 is 0 Å². The van der Waals surface area contributed by atoms with E-state index in [-0.39, 0.29) is 16.6 Å². The first-order valence-corrected chi connectivity index (χ1v) is 7.42. The van der Waals surface area contributed by atoms with Crippen LogP contribution in [0.15, 0.2) is 45.6 Å². The number of phenolic OH excluding ortho intramolecular Hbond substituents is 1. The molecular formula is C19H16O5. The summed E-state index contributed by atoms with van der Waals surface area (Å²) in [4.78, 5) is 23.5. The third-order valence-electron chi connectivity index (χ3n) is 3.72. The van der Waals surface area contributed by atoms with Crippen LogP contribution < -0.4 is 10.2 Å². The van der Waals surface area contributed by atoms with Gasteiger partial charge in [-0.1, -0.05) is 0 Å². The smallest absolute Gasteiger partial charge is 0.308 e. The number of hydrogen-bond donors (Lipinski definition) is 1. The van der Waals surface area contributed by atoms with E-state index in [0.717, 1.165) is 5.56 Å². The lowest BCUT2D eigenvalue weighted by atomic mass is 10.0. The lowest BCUT2D eigenvalue weighted by molar-refractivity contribution is -0.131. The number of hydrogen-bond acceptors (Lipinski definition) is 5. The Labute approximate surface area is 138 Å². The second kappa shape index (κ2) is 5.85. The maximum atomic E-state index is 12.6. The number of rotatable bonds is 2. The summed E-state index contributed by atoms with van der Waals surface area (Å²) in [6.07, 6.45) is 0. The molecule has 0 fully saturated rings. The van der Waals surface area contributed by atoms with Crippen LogP contribution in [-0.4, -0.2) is 11.1 Å². The lowest BCUT2D eigenvalue weighted by Gasteiger charge is -2.09. The summed E-state index contributed by atoms with van der Waals surface area (Å²) in [5.74, 6) is 0.355. The predicted octanol–water partition coefficient (Wildman–Crippen LogP) is 3.71. The van der Waals surface area contributed by atoms with Crippen molar-refractivity contribution in [1.82, 2.24) is 0 Å². The molecule has 0 amide bonds. The number of fused-ring (bicyclic) bond motifs is 1. The minimum absolute atomic E-state index is 0.0846. The quantitative estimate of drug-likeness (QED) is 0.574. The monoisotopic (exact) mass is 324 g/mol. The number of esters is 1. The highest BCUT2D eigenvalue weighted by molar-refractivity contribution is 5.86. The van der Waals surface area contributed by atoms with E-state index in [1.165, 1.54) is 13.0 Å². The fourth-order valence-corrected chi connectivity index (χ4v) is 2.64. The zero-order chi connectivity index (χ0) is 17.4. The van der Waals surface area contributed by atoms with Gasteiger partial charge in [-0.25, -0.2) is 0 Å². The molecule has 0 aliphatic rings. The number of aromatic hydroxyl groups is 1. The molecular weight excluding hydrogens is 308 g/mol. The number of carbonyl (C=O) groups is 1. The molecule has 5 nitrogen and oxygen atoms in total. The highest BCUT2D eigenvalue weighted by atomic mass is 16.5. The number of phenols is 1. The molecule has 2 aromatic carbocycles. The van der Waals surface area contributed by atoms with E-state index >= 15 is 0 Å². The van der Waals surface area contributed by atoms with Crippen molar-refractivity contribution in [3.05, 3.63) is 57.7 Å². The summed E-state index contributed by atoms with van der Waals surface area (Å²) in [5, 5.41) is 10.2. The van der Waals surface area contributed by atoms with Crippen molar-refractivity contribution in [2.75, 3.05) is 0 Å². The summed E-state index contributed by atoms with van der Waals surface area (Å²) in [5.41, 5.74) is 1.95. The average Bonchev–Trinajstić information content (AvgIpc) is 2.50. The molecule has 0 saturated carbocycles. The van der Waals surface area contributed by atoms with Gasteiger partial charge in [0.25, 0.3) is 0 Å². The number of ether oxygens (including phenoxy) is 1. The molecule has 0 bridgehead atoms. The van der Waals surface area contributed by atoms with Gasteiger partial charge in [-0.15, -0.1) is 0 Å². The lowest BCUT2D eigenvalue weighted by Crippen LogP contribution is -2.07. The molecule has 0 saturated heterocycles. The third-order valence-corrected chi connectivity index (χ3v) is 3.72. The highest BCUT2D eigenvalue weighted by Crippen LogP contribution is 2.31. The number of aryl methyl sites for hydroxylation is 1. The van der Waals surface area contributed by atoms with E-state index in [1.54, 1.807) is 37.3 Å². The van der Waals surface area contributed by atoms with Crippen molar-refractivity contribution in [2.45, 2.75) is 20.8 Å². The maximum Gasteiger partial charge on any atom is 0.308 e. The molecule has 24 heavy (non-hydrogen) atoms. The van der Waals surface area contributed by atoms with E-state index < -0.39 is 5.97 Å². The van der Waals surface area contributed by atoms with Crippen molar-refractivity contribution >= 4 is 16.9 Å². The summed E-state index contributed by atoms with van der Waals surface area (Å²) in [6, 6.07) is 9.94. The van der Waals surface area contributed by atoms with E-state index in [0.29, 0.717) is 28.2 Å². The molecule has 0 aliphatic heterocycles. The van der Waals surface area contributed by atoms with Crippen molar-refractivity contribution in [2.24, 2.45) is 0 Å². The normalized spacial score (nSPS) is 10.8. The standard InChI is InChI=1S/C19H16O5/c1-10-8-15(21)17-16(9-10)24-19(11(2)18(17)22)13-4-6-14(7-5-13)23-12(3)20/h4-9,21H,1-3H3. The predicted molar refractivity (Wildman–Crippen MR) is 90.4 cm³/mol. The summed E-state index contributed by atoms with van der Waals surface area (Å²) >= 11 is 0. The first kappa shape index (κ1) is 15.8. The van der Waals surface area contributed by atoms with Crippen molar-refractivity contribution < 1.29 is 19.1 Å². The minimum atomic E-state index is -0.401. The van der Waals surface area contributed by atoms with Crippen LogP contribution in [0.1, 0.15) is 18.1 Å². The third kappa shape index (κ3) is 2.76. The van der Waals surface area contributed by atoms with Gasteiger partial charge in [-0.05, 0) is 55.8 Å². The fraction of sp³-hybridized carbons (Fsp3) is 0.158. The topological polar surface area (TPSA) is 76.7 Å². The Bertz CT molecular complexity index is 997. The Balaban J connectivity index is 2.18. The van der Waals surface area contributed by atoms with Gasteiger partial charge >= 0.3 is 5.97 Å². The van der Waals surface area contributed by atoms with Crippen LogP contribution in [0, 0.1) is 13.8 Å². The SMILES string of the molecule is CC(=O)Oc1ccc(-c2oc3cc(C)cc(O)c3c(=O)c2C)cc1. The number of benzene rings is 2. The second-order valence-corrected chi connectivity index (χ2v) is 5.66. The molecule has 1 N–H and O–H groups in total. The Morgan fingerprint density at radius 1 is 1.12 bits per heavy atom. The van der Waals surface area contributed by atoms with Crippen molar-refractivity contribution in [3.63, 3.8) is 0 Å². The largest absolute Gasteiger partial charge is 0.507 e. The molecule has 3 aromatic rings. The molecule has 0 spiro atoms. The highest BCUT2D eigenvalue weighted by Gasteiger charge is 2.16. The van der Waals surface area contributed by atoms with Crippen LogP contribution in [0.2, 0.25) is 0 Å². The zero-order valence-corrected chi connectivity index (χ0v) is 13.5. The van der Waals surface area contributed by atoms with E-state index in [4.69, 9.17) is 9.15 Å². The Morgan fingerprint density at radius 2 is 1.79 bits per heavy atom. The Kier molecular flexibility index (Phi) is 3.85. The molecule has 0 unspecified atom stereocenters. The van der Waals surface area contributed by atoms with Crippen LogP contribution in [-0.2, 0) is 4.79 Å². The molecule has 0 atom stereocenters. The first-order chi connectivity index (χ1) is 11.4. The van der Waals surface area contributed by atoms with Crippen molar-refractivity contribution in [1.29, 1.82) is 0 Å². The Hall–Kier alpha value is -3.08. The molecule has 3 rings (SSSR count). The minimum Gasteiger partial charge on any atom is -0.507 e. The van der Waals surface area contributed by atoms with Crippen LogP contribution in [0.3, 0.4) is 0 Å². The van der Waals surface area contributed by atoms with Gasteiger partial charge in [-0.2, -0.15) is 0 Å². The molecule has 0 aliphatic carbocycles. The van der Waals surface area contributed by atoms with E-state index in [1.807, 2.05) is 6.92 Å². The van der Waals surface area contributed by atoms with Gasteiger partial charge in [-0.3, -0.25) is 9.59 Å². The van der Waals surface area contributed by atoms with E-state index in [9.17, 15) is 14.7 Å². The van der Waals surface area contributed by atoms with Crippen LogP contribution in [0.25, 0.3) is 22.3 Å². The van der Waals surface area contributed by atoms with Crippen LogP contribution in [0.4, 0.5) is 0 Å². The zero-order valence-electron chi connectivity index (χ0n) is 13.5. The molecule has 1 heterocycles. The van der Waals surface area contributed by atoms with Crippen LogP contribution in [0.5, 0.6) is 11.5 Å². The van der Waals surface area contributed by atoms with Crippen molar-refractivity contribution in [3.8, 4) is 22.8 Å².